The van der Waals surface area contributed by atoms with Gasteiger partial charge in [0.2, 0.25) is 0 Å². The lowest BCUT2D eigenvalue weighted by Crippen LogP contribution is -2.36. The molecule has 0 aliphatic heterocycles. The maximum Gasteiger partial charge on any atom is 0.102 e. The molecular formula is C12H20ClNO. The average Bonchev–Trinajstić information content (AvgIpc) is 2.18. The monoisotopic (exact) mass is 229 g/mol. The van der Waals surface area contributed by atoms with Crippen molar-refractivity contribution in [2.75, 3.05) is 20.6 Å². The minimum absolute atomic E-state index is 0. The Morgan fingerprint density at radius 2 is 1.73 bits per heavy atom. The molecule has 1 unspecified atom stereocenters. The van der Waals surface area contributed by atoms with E-state index in [-0.39, 0.29) is 12.4 Å². The van der Waals surface area contributed by atoms with Crippen LogP contribution in [0.3, 0.4) is 0 Å². The van der Waals surface area contributed by atoms with Crippen LogP contribution in [0.5, 0.6) is 0 Å². The third-order valence-electron chi connectivity index (χ3n) is 2.47. The first kappa shape index (κ1) is 14.4. The molecule has 1 aromatic rings. The lowest BCUT2D eigenvalue weighted by molar-refractivity contribution is 0.00779. The normalized spacial score (nSPS) is 14.5. The Morgan fingerprint density at radius 1 is 1.20 bits per heavy atom. The van der Waals surface area contributed by atoms with Gasteiger partial charge in [-0.2, -0.15) is 0 Å². The Morgan fingerprint density at radius 3 is 2.13 bits per heavy atom. The largest absolute Gasteiger partial charge is 0.384 e. The van der Waals surface area contributed by atoms with E-state index < -0.39 is 5.60 Å². The molecule has 1 rings (SSSR count). The van der Waals surface area contributed by atoms with E-state index in [2.05, 4.69) is 0 Å². The molecule has 0 saturated carbocycles. The molecule has 0 aromatic heterocycles. The van der Waals surface area contributed by atoms with E-state index in [0.717, 1.165) is 12.0 Å². The van der Waals surface area contributed by atoms with Gasteiger partial charge >= 0.3 is 0 Å². The van der Waals surface area contributed by atoms with Gasteiger partial charge in [-0.15, -0.1) is 12.4 Å². The van der Waals surface area contributed by atoms with Crippen LogP contribution in [0.2, 0.25) is 0 Å². The molecular weight excluding hydrogens is 210 g/mol. The van der Waals surface area contributed by atoms with Crippen molar-refractivity contribution in [3.63, 3.8) is 0 Å². The minimum Gasteiger partial charge on any atom is -0.384 e. The number of hydrogen-bond acceptors (Lipinski definition) is 2. The molecule has 1 atom stereocenters. The predicted molar refractivity (Wildman–Crippen MR) is 66.4 cm³/mol. The summed E-state index contributed by atoms with van der Waals surface area (Å²) in [5.41, 5.74) is 0.279. The average molecular weight is 230 g/mol. The summed E-state index contributed by atoms with van der Waals surface area (Å²) in [7, 11) is 3.95. The second-order valence-electron chi connectivity index (χ2n) is 3.99. The van der Waals surface area contributed by atoms with Gasteiger partial charge < -0.3 is 10.0 Å². The smallest absolute Gasteiger partial charge is 0.102 e. The van der Waals surface area contributed by atoms with Crippen molar-refractivity contribution >= 4 is 12.4 Å². The quantitative estimate of drug-likeness (QED) is 0.856. The minimum atomic E-state index is -0.717. The van der Waals surface area contributed by atoms with Crippen LogP contribution in [0.4, 0.5) is 0 Å². The van der Waals surface area contributed by atoms with Crippen LogP contribution < -0.4 is 0 Å². The van der Waals surface area contributed by atoms with Crippen LogP contribution in [-0.4, -0.2) is 30.6 Å². The zero-order valence-corrected chi connectivity index (χ0v) is 10.4. The molecule has 1 N–H and O–H groups in total. The summed E-state index contributed by atoms with van der Waals surface area (Å²) in [4.78, 5) is 2.01. The fraction of sp³-hybridized carbons (Fsp3) is 0.500. The van der Waals surface area contributed by atoms with Crippen LogP contribution in [0, 0.1) is 0 Å². The predicted octanol–water partition coefficient (Wildman–Crippen LogP) is 2.27. The van der Waals surface area contributed by atoms with Gasteiger partial charge in [0.15, 0.2) is 0 Å². The lowest BCUT2D eigenvalue weighted by atomic mass is 9.91. The summed E-state index contributed by atoms with van der Waals surface area (Å²) in [5.74, 6) is 0. The lowest BCUT2D eigenvalue weighted by Gasteiger charge is -2.30. The third-order valence-corrected chi connectivity index (χ3v) is 2.47. The highest BCUT2D eigenvalue weighted by Crippen LogP contribution is 2.24. The Balaban J connectivity index is 0.00000196. The van der Waals surface area contributed by atoms with Crippen LogP contribution in [-0.2, 0) is 5.60 Å². The van der Waals surface area contributed by atoms with Crippen LogP contribution in [0.15, 0.2) is 30.3 Å². The molecule has 0 bridgehead atoms. The molecule has 3 heteroatoms. The number of hydrogen-bond donors (Lipinski definition) is 1. The van der Waals surface area contributed by atoms with E-state index in [9.17, 15) is 5.11 Å². The van der Waals surface area contributed by atoms with E-state index >= 15 is 0 Å². The number of likely N-dealkylation sites (N-methyl/N-ethyl adjacent to an activating group) is 1. The molecule has 0 aliphatic rings. The van der Waals surface area contributed by atoms with E-state index in [1.54, 1.807) is 0 Å². The first-order valence-corrected chi connectivity index (χ1v) is 5.01. The van der Waals surface area contributed by atoms with E-state index in [0.29, 0.717) is 6.54 Å². The Kier molecular flexibility index (Phi) is 5.88. The molecule has 0 fully saturated rings. The van der Waals surface area contributed by atoms with Gasteiger partial charge in [0, 0.05) is 6.54 Å². The topological polar surface area (TPSA) is 23.5 Å². The number of nitrogens with zero attached hydrogens (tertiary/aromatic N) is 1. The molecule has 0 saturated heterocycles. The van der Waals surface area contributed by atoms with Crippen molar-refractivity contribution in [3.8, 4) is 0 Å². The van der Waals surface area contributed by atoms with Gasteiger partial charge in [-0.25, -0.2) is 0 Å². The number of benzene rings is 1. The van der Waals surface area contributed by atoms with Crippen molar-refractivity contribution in [3.05, 3.63) is 35.9 Å². The van der Waals surface area contributed by atoms with Gasteiger partial charge in [-0.1, -0.05) is 37.3 Å². The second kappa shape index (κ2) is 6.11. The maximum atomic E-state index is 10.4. The highest BCUT2D eigenvalue weighted by molar-refractivity contribution is 5.85. The summed E-state index contributed by atoms with van der Waals surface area (Å²) in [6, 6.07) is 9.85. The van der Waals surface area contributed by atoms with Gasteiger partial charge in [-0.3, -0.25) is 0 Å². The Hall–Kier alpha value is -0.570. The van der Waals surface area contributed by atoms with Gasteiger partial charge in [-0.05, 0) is 26.1 Å². The van der Waals surface area contributed by atoms with Crippen molar-refractivity contribution in [1.82, 2.24) is 4.90 Å². The van der Waals surface area contributed by atoms with Crippen molar-refractivity contribution in [2.45, 2.75) is 18.9 Å². The van der Waals surface area contributed by atoms with Crippen molar-refractivity contribution in [1.29, 1.82) is 0 Å². The summed E-state index contributed by atoms with van der Waals surface area (Å²) < 4.78 is 0. The fourth-order valence-corrected chi connectivity index (χ4v) is 1.68. The highest BCUT2D eigenvalue weighted by Gasteiger charge is 2.27. The van der Waals surface area contributed by atoms with Crippen molar-refractivity contribution < 1.29 is 5.11 Å². The van der Waals surface area contributed by atoms with Gasteiger partial charge in [0.1, 0.15) is 5.60 Å². The number of halogens is 1. The standard InChI is InChI=1S/C12H19NO.ClH/c1-4-12(14,10-13(2)3)11-8-6-5-7-9-11;/h5-9,14H,4,10H2,1-3H3;1H. The first-order chi connectivity index (χ1) is 6.58. The van der Waals surface area contributed by atoms with E-state index in [1.165, 1.54) is 0 Å². The van der Waals surface area contributed by atoms with Crippen LogP contribution in [0.1, 0.15) is 18.9 Å². The number of aliphatic hydroxyl groups is 1. The van der Waals surface area contributed by atoms with E-state index in [4.69, 9.17) is 0 Å². The summed E-state index contributed by atoms with van der Waals surface area (Å²) in [5, 5.41) is 10.4. The van der Waals surface area contributed by atoms with Crippen molar-refractivity contribution in [2.24, 2.45) is 0 Å². The van der Waals surface area contributed by atoms with Crippen LogP contribution in [0.25, 0.3) is 0 Å². The molecule has 0 radical (unpaired) electrons. The summed E-state index contributed by atoms with van der Waals surface area (Å²) in [6.07, 6.45) is 0.731. The number of rotatable bonds is 4. The summed E-state index contributed by atoms with van der Waals surface area (Å²) in [6.45, 7) is 2.67. The maximum absolute atomic E-state index is 10.4. The summed E-state index contributed by atoms with van der Waals surface area (Å²) >= 11 is 0. The zero-order chi connectivity index (χ0) is 10.6. The van der Waals surface area contributed by atoms with Gasteiger partial charge in [0.25, 0.3) is 0 Å². The molecule has 0 heterocycles. The van der Waals surface area contributed by atoms with Crippen LogP contribution >= 0.6 is 12.4 Å². The first-order valence-electron chi connectivity index (χ1n) is 5.01. The molecule has 0 spiro atoms. The molecule has 15 heavy (non-hydrogen) atoms. The SMILES string of the molecule is CCC(O)(CN(C)C)c1ccccc1.Cl. The van der Waals surface area contributed by atoms with Gasteiger partial charge in [0.05, 0.1) is 0 Å². The highest BCUT2D eigenvalue weighted by atomic mass is 35.5. The Labute approximate surface area is 98.3 Å². The zero-order valence-electron chi connectivity index (χ0n) is 9.60. The van der Waals surface area contributed by atoms with E-state index in [1.807, 2.05) is 56.3 Å². The molecule has 86 valence electrons. The molecule has 0 amide bonds. The Bertz CT molecular complexity index is 276. The third kappa shape index (κ3) is 3.82. The molecule has 2 nitrogen and oxygen atoms in total. The second-order valence-corrected chi connectivity index (χ2v) is 3.99. The molecule has 0 aliphatic carbocycles. The molecule has 1 aromatic carbocycles. The fourth-order valence-electron chi connectivity index (χ4n) is 1.68.